The number of halogens is 1. The van der Waals surface area contributed by atoms with Crippen molar-refractivity contribution in [3.05, 3.63) is 35.1 Å². The maximum Gasteiger partial charge on any atom is 0.123 e. The van der Waals surface area contributed by atoms with Crippen molar-refractivity contribution in [3.63, 3.8) is 0 Å². The molecule has 0 radical (unpaired) electrons. The second kappa shape index (κ2) is 3.35. The van der Waals surface area contributed by atoms with Crippen LogP contribution < -0.4 is 0 Å². The second-order valence-corrected chi connectivity index (χ2v) is 4.41. The molecule has 1 saturated carbocycles. The van der Waals surface area contributed by atoms with E-state index in [0.29, 0.717) is 0 Å². The minimum atomic E-state index is -0.181. The van der Waals surface area contributed by atoms with Gasteiger partial charge in [0.25, 0.3) is 0 Å². The summed E-state index contributed by atoms with van der Waals surface area (Å²) in [5.74, 6) is -0.181. The van der Waals surface area contributed by atoms with Crippen LogP contribution in [0.4, 0.5) is 4.39 Å². The molecule has 1 nitrogen and oxygen atoms in total. The molecule has 2 rings (SSSR count). The molecular weight excluding hydrogens is 179 g/mol. The first-order chi connectivity index (χ1) is 6.65. The molecule has 1 aromatic rings. The quantitative estimate of drug-likeness (QED) is 0.783. The highest BCUT2D eigenvalue weighted by Gasteiger charge is 2.42. The first-order valence-corrected chi connectivity index (χ1v) is 5.01. The zero-order chi connectivity index (χ0) is 10.2. The van der Waals surface area contributed by atoms with Gasteiger partial charge in [0.1, 0.15) is 5.82 Å². The highest BCUT2D eigenvalue weighted by molar-refractivity contribution is 5.28. The van der Waals surface area contributed by atoms with Crippen LogP contribution in [0.5, 0.6) is 0 Å². The van der Waals surface area contributed by atoms with Gasteiger partial charge in [0, 0.05) is 6.61 Å². The van der Waals surface area contributed by atoms with Gasteiger partial charge >= 0.3 is 0 Å². The van der Waals surface area contributed by atoms with Gasteiger partial charge in [0.15, 0.2) is 0 Å². The predicted octanol–water partition coefficient (Wildman–Crippen LogP) is 2.45. The third kappa shape index (κ3) is 1.80. The summed E-state index contributed by atoms with van der Waals surface area (Å²) in [6, 6.07) is 4.88. The lowest BCUT2D eigenvalue weighted by atomic mass is 9.94. The van der Waals surface area contributed by atoms with E-state index in [1.54, 1.807) is 12.1 Å². The SMILES string of the molecule is Cc1ccc(F)cc1CC1(CO)CC1. The van der Waals surface area contributed by atoms with E-state index in [2.05, 4.69) is 0 Å². The first kappa shape index (κ1) is 9.66. The van der Waals surface area contributed by atoms with E-state index in [4.69, 9.17) is 0 Å². The molecule has 0 bridgehead atoms. The predicted molar refractivity (Wildman–Crippen MR) is 53.6 cm³/mol. The Hall–Kier alpha value is -0.890. The number of rotatable bonds is 3. The van der Waals surface area contributed by atoms with Gasteiger partial charge in [-0.25, -0.2) is 4.39 Å². The molecule has 0 amide bonds. The van der Waals surface area contributed by atoms with Crippen molar-refractivity contribution < 1.29 is 9.50 Å². The van der Waals surface area contributed by atoms with E-state index in [9.17, 15) is 9.50 Å². The van der Waals surface area contributed by atoms with Gasteiger partial charge < -0.3 is 5.11 Å². The standard InChI is InChI=1S/C12H15FO/c1-9-2-3-11(13)6-10(9)7-12(8-14)4-5-12/h2-3,6,14H,4-5,7-8H2,1H3. The van der Waals surface area contributed by atoms with Crippen LogP contribution in [0.25, 0.3) is 0 Å². The average molecular weight is 194 g/mol. The van der Waals surface area contributed by atoms with Gasteiger partial charge in [-0.1, -0.05) is 6.07 Å². The van der Waals surface area contributed by atoms with Crippen molar-refractivity contribution in [1.82, 2.24) is 0 Å². The topological polar surface area (TPSA) is 20.2 Å². The van der Waals surface area contributed by atoms with Crippen LogP contribution in [0.2, 0.25) is 0 Å². The molecule has 0 aliphatic heterocycles. The maximum absolute atomic E-state index is 13.0. The molecule has 0 heterocycles. The Kier molecular flexibility index (Phi) is 2.31. The molecule has 1 N–H and O–H groups in total. The van der Waals surface area contributed by atoms with Crippen LogP contribution in [-0.2, 0) is 6.42 Å². The molecule has 76 valence electrons. The molecule has 0 unspecified atom stereocenters. The molecule has 1 aromatic carbocycles. The van der Waals surface area contributed by atoms with Gasteiger partial charge in [0.2, 0.25) is 0 Å². The summed E-state index contributed by atoms with van der Waals surface area (Å²) in [6.07, 6.45) is 2.95. The Labute approximate surface area is 83.6 Å². The summed E-state index contributed by atoms with van der Waals surface area (Å²) < 4.78 is 13.0. The van der Waals surface area contributed by atoms with Crippen molar-refractivity contribution in [1.29, 1.82) is 0 Å². The Morgan fingerprint density at radius 3 is 2.71 bits per heavy atom. The number of benzene rings is 1. The van der Waals surface area contributed by atoms with E-state index in [0.717, 1.165) is 30.4 Å². The summed E-state index contributed by atoms with van der Waals surface area (Å²) in [5.41, 5.74) is 2.22. The normalized spacial score (nSPS) is 18.2. The summed E-state index contributed by atoms with van der Waals surface area (Å²) in [7, 11) is 0. The first-order valence-electron chi connectivity index (χ1n) is 5.01. The molecule has 0 aromatic heterocycles. The number of aliphatic hydroxyl groups is 1. The summed E-state index contributed by atoms with van der Waals surface area (Å²) >= 11 is 0. The highest BCUT2D eigenvalue weighted by Crippen LogP contribution is 2.48. The summed E-state index contributed by atoms with van der Waals surface area (Å²) in [4.78, 5) is 0. The lowest BCUT2D eigenvalue weighted by molar-refractivity contribution is 0.211. The number of aryl methyl sites for hydroxylation is 1. The number of hydrogen-bond acceptors (Lipinski definition) is 1. The molecule has 2 heteroatoms. The monoisotopic (exact) mass is 194 g/mol. The zero-order valence-corrected chi connectivity index (χ0v) is 8.39. The van der Waals surface area contributed by atoms with Crippen molar-refractivity contribution in [2.45, 2.75) is 26.2 Å². The van der Waals surface area contributed by atoms with E-state index in [-0.39, 0.29) is 17.8 Å². The van der Waals surface area contributed by atoms with Crippen LogP contribution in [0.15, 0.2) is 18.2 Å². The zero-order valence-electron chi connectivity index (χ0n) is 8.39. The largest absolute Gasteiger partial charge is 0.396 e. The van der Waals surface area contributed by atoms with Crippen molar-refractivity contribution in [2.75, 3.05) is 6.61 Å². The van der Waals surface area contributed by atoms with Crippen LogP contribution in [0.3, 0.4) is 0 Å². The van der Waals surface area contributed by atoms with Crippen LogP contribution in [0, 0.1) is 18.2 Å². The number of aliphatic hydroxyl groups excluding tert-OH is 1. The Morgan fingerprint density at radius 2 is 2.14 bits per heavy atom. The maximum atomic E-state index is 13.0. The minimum absolute atomic E-state index is 0.0680. The van der Waals surface area contributed by atoms with Crippen LogP contribution >= 0.6 is 0 Å². The fraction of sp³-hybridized carbons (Fsp3) is 0.500. The fourth-order valence-corrected chi connectivity index (χ4v) is 1.80. The van der Waals surface area contributed by atoms with Gasteiger partial charge in [-0.15, -0.1) is 0 Å². The lowest BCUT2D eigenvalue weighted by Crippen LogP contribution is -2.11. The van der Waals surface area contributed by atoms with Crippen molar-refractivity contribution >= 4 is 0 Å². The van der Waals surface area contributed by atoms with Gasteiger partial charge in [-0.2, -0.15) is 0 Å². The Balaban J connectivity index is 2.20. The van der Waals surface area contributed by atoms with Gasteiger partial charge in [0.05, 0.1) is 0 Å². The third-order valence-corrected chi connectivity index (χ3v) is 3.17. The molecule has 0 spiro atoms. The van der Waals surface area contributed by atoms with E-state index in [1.807, 2.05) is 6.92 Å². The van der Waals surface area contributed by atoms with Crippen molar-refractivity contribution in [3.8, 4) is 0 Å². The van der Waals surface area contributed by atoms with Crippen LogP contribution in [-0.4, -0.2) is 11.7 Å². The molecule has 0 saturated heterocycles. The average Bonchev–Trinajstić information content (AvgIpc) is 2.92. The third-order valence-electron chi connectivity index (χ3n) is 3.17. The van der Waals surface area contributed by atoms with Crippen LogP contribution in [0.1, 0.15) is 24.0 Å². The second-order valence-electron chi connectivity index (χ2n) is 4.41. The molecular formula is C12H15FO. The fourth-order valence-electron chi connectivity index (χ4n) is 1.80. The lowest BCUT2D eigenvalue weighted by Gasteiger charge is -2.13. The van der Waals surface area contributed by atoms with Crippen molar-refractivity contribution in [2.24, 2.45) is 5.41 Å². The molecule has 0 atom stereocenters. The molecule has 1 aliphatic rings. The van der Waals surface area contributed by atoms with Gasteiger partial charge in [-0.3, -0.25) is 0 Å². The van der Waals surface area contributed by atoms with E-state index < -0.39 is 0 Å². The molecule has 1 aliphatic carbocycles. The number of hydrogen-bond donors (Lipinski definition) is 1. The molecule has 1 fully saturated rings. The van der Waals surface area contributed by atoms with Gasteiger partial charge in [-0.05, 0) is 54.9 Å². The molecule has 14 heavy (non-hydrogen) atoms. The van der Waals surface area contributed by atoms with E-state index >= 15 is 0 Å². The summed E-state index contributed by atoms with van der Waals surface area (Å²) in [5, 5.41) is 9.18. The smallest absolute Gasteiger partial charge is 0.123 e. The Bertz CT molecular complexity index is 342. The minimum Gasteiger partial charge on any atom is -0.396 e. The van der Waals surface area contributed by atoms with E-state index in [1.165, 1.54) is 6.07 Å². The highest BCUT2D eigenvalue weighted by atomic mass is 19.1. The Morgan fingerprint density at radius 1 is 1.43 bits per heavy atom. The summed E-state index contributed by atoms with van der Waals surface area (Å²) in [6.45, 7) is 2.21.